The first-order chi connectivity index (χ1) is 11.1. The molecule has 2 nitrogen and oxygen atoms in total. The van der Waals surface area contributed by atoms with Crippen molar-refractivity contribution in [2.45, 2.75) is 6.92 Å². The normalized spacial score (nSPS) is 12.0. The van der Waals surface area contributed by atoms with Gasteiger partial charge in [0.25, 0.3) is 0 Å². The molecule has 0 unspecified atom stereocenters. The van der Waals surface area contributed by atoms with Crippen LogP contribution in [0.1, 0.15) is 11.3 Å². The third kappa shape index (κ3) is 4.26. The van der Waals surface area contributed by atoms with E-state index >= 15 is 0 Å². The zero-order chi connectivity index (χ0) is 16.2. The molecule has 1 heterocycles. The van der Waals surface area contributed by atoms with Crippen LogP contribution in [0.15, 0.2) is 82.8 Å². The third-order valence-electron chi connectivity index (χ3n) is 3.42. The van der Waals surface area contributed by atoms with Gasteiger partial charge >= 0.3 is 17.1 Å². The third-order valence-corrected chi connectivity index (χ3v) is 4.22. The second-order valence-electron chi connectivity index (χ2n) is 5.24. The minimum Gasteiger partial charge on any atom is -0.870 e. The fourth-order valence-electron chi connectivity index (χ4n) is 2.35. The summed E-state index contributed by atoms with van der Waals surface area (Å²) in [5, 5.41) is 13.2. The van der Waals surface area contributed by atoms with E-state index in [1.165, 1.54) is 5.56 Å². The van der Waals surface area contributed by atoms with Gasteiger partial charge in [-0.1, -0.05) is 30.1 Å². The Labute approximate surface area is 165 Å². The minimum atomic E-state index is -0.0651. The molecular formula is C20H15FeIO2. The molecule has 0 aliphatic heterocycles. The number of benzene rings is 1. The van der Waals surface area contributed by atoms with E-state index in [9.17, 15) is 5.11 Å². The first kappa shape index (κ1) is 18.7. The Balaban J connectivity index is 0.000000300. The number of fused-ring (bicyclic) bond motifs is 1. The number of hydrogen-bond acceptors (Lipinski definition) is 2. The molecule has 3 aromatic rings. The molecule has 0 saturated carbocycles. The van der Waals surface area contributed by atoms with E-state index in [1.807, 2.05) is 67.6 Å². The number of halogens is 1. The van der Waals surface area contributed by atoms with Gasteiger partial charge in [0.1, 0.15) is 11.3 Å². The summed E-state index contributed by atoms with van der Waals surface area (Å²) >= 11 is 2.23. The van der Waals surface area contributed by atoms with Crippen molar-refractivity contribution in [3.63, 3.8) is 0 Å². The number of allylic oxidation sites excluding steroid dienone is 5. The second-order valence-corrected chi connectivity index (χ2v) is 6.40. The summed E-state index contributed by atoms with van der Waals surface area (Å²) < 4.78 is 6.71. The van der Waals surface area contributed by atoms with E-state index in [1.54, 1.807) is 12.2 Å². The van der Waals surface area contributed by atoms with Crippen molar-refractivity contribution < 1.29 is 26.6 Å². The number of rotatable bonds is 1. The molecule has 0 radical (unpaired) electrons. The van der Waals surface area contributed by atoms with Gasteiger partial charge in [-0.25, -0.2) is 12.1 Å². The molecule has 0 atom stereocenters. The molecule has 1 aliphatic rings. The maximum absolute atomic E-state index is 12.2. The summed E-state index contributed by atoms with van der Waals surface area (Å²) in [5.41, 5.74) is 2.62. The average Bonchev–Trinajstić information content (AvgIpc) is 3.28. The van der Waals surface area contributed by atoms with E-state index in [-0.39, 0.29) is 22.8 Å². The van der Waals surface area contributed by atoms with Crippen molar-refractivity contribution >= 4 is 39.3 Å². The Bertz CT molecular complexity index is 868. The summed E-state index contributed by atoms with van der Waals surface area (Å²) in [6.07, 6.45) is 7.30. The second kappa shape index (κ2) is 8.47. The van der Waals surface area contributed by atoms with Crippen molar-refractivity contribution in [1.82, 2.24) is 0 Å². The summed E-state index contributed by atoms with van der Waals surface area (Å²) in [6.45, 7) is 2.04. The Morgan fingerprint density at radius 2 is 1.75 bits per heavy atom. The smallest absolute Gasteiger partial charge is 0.870 e. The van der Waals surface area contributed by atoms with E-state index < -0.39 is 0 Å². The summed E-state index contributed by atoms with van der Waals surface area (Å²) in [7, 11) is 0. The zero-order valence-electron chi connectivity index (χ0n) is 13.0. The van der Waals surface area contributed by atoms with Crippen molar-refractivity contribution in [3.05, 3.63) is 93.3 Å². The Morgan fingerprint density at radius 1 is 1.08 bits per heavy atom. The van der Waals surface area contributed by atoms with Crippen LogP contribution in [0.4, 0.5) is 0 Å². The van der Waals surface area contributed by atoms with Crippen LogP contribution in [-0.4, -0.2) is 0 Å². The molecular weight excluding hydrogens is 455 g/mol. The number of aryl methyl sites for hydroxylation is 1. The monoisotopic (exact) mass is 470 g/mol. The molecule has 122 valence electrons. The molecule has 1 aromatic heterocycles. The van der Waals surface area contributed by atoms with Crippen LogP contribution in [0.5, 0.6) is 0 Å². The fraction of sp³-hybridized carbons (Fsp3) is 0.0500. The first-order valence-electron chi connectivity index (χ1n) is 7.28. The van der Waals surface area contributed by atoms with Crippen LogP contribution in [0.3, 0.4) is 0 Å². The standard InChI is InChI=1S/C15H11IO2.C5H5.Fe/c1-9-6-11-8-13(18-15(11)12(16)7-9)14(17)10-4-2-3-5-10;1-2-4-5-3-1;/h2-8,17H,1H3;1-5H;/q;-1;+2/p-1. The molecule has 4 heteroatoms. The zero-order valence-corrected chi connectivity index (χ0v) is 16.2. The average molecular weight is 470 g/mol. The predicted octanol–water partition coefficient (Wildman–Crippen LogP) is 4.95. The van der Waals surface area contributed by atoms with Gasteiger partial charge in [0, 0.05) is 5.39 Å². The van der Waals surface area contributed by atoms with E-state index in [0.29, 0.717) is 11.3 Å². The van der Waals surface area contributed by atoms with Gasteiger partial charge in [0.15, 0.2) is 0 Å². The van der Waals surface area contributed by atoms with Gasteiger partial charge in [0.05, 0.1) is 3.57 Å². The van der Waals surface area contributed by atoms with Crippen LogP contribution in [-0.2, 0) is 17.1 Å². The maximum Gasteiger partial charge on any atom is 2.00 e. The Hall–Kier alpha value is -1.62. The number of furan rings is 1. The molecule has 24 heavy (non-hydrogen) atoms. The predicted molar refractivity (Wildman–Crippen MR) is 101 cm³/mol. The number of hydrogen-bond donors (Lipinski definition) is 0. The van der Waals surface area contributed by atoms with Crippen LogP contribution < -0.4 is 5.11 Å². The molecule has 0 amide bonds. The van der Waals surface area contributed by atoms with Crippen LogP contribution in [0, 0.1) is 10.5 Å². The minimum absolute atomic E-state index is 0. The summed E-state index contributed by atoms with van der Waals surface area (Å²) in [6, 6.07) is 15.9. The van der Waals surface area contributed by atoms with E-state index in [0.717, 1.165) is 14.5 Å². The van der Waals surface area contributed by atoms with Crippen molar-refractivity contribution in [1.29, 1.82) is 0 Å². The Kier molecular flexibility index (Phi) is 6.60. The van der Waals surface area contributed by atoms with E-state index in [2.05, 4.69) is 22.6 Å². The first-order valence-corrected chi connectivity index (χ1v) is 8.36. The van der Waals surface area contributed by atoms with Gasteiger partial charge in [-0.05, 0) is 58.9 Å². The van der Waals surface area contributed by atoms with Crippen LogP contribution in [0.25, 0.3) is 16.7 Å². The molecule has 0 bridgehead atoms. The van der Waals surface area contributed by atoms with Gasteiger partial charge in [-0.15, -0.1) is 0 Å². The van der Waals surface area contributed by atoms with Gasteiger partial charge < -0.3 is 9.52 Å². The van der Waals surface area contributed by atoms with Gasteiger partial charge in [0.2, 0.25) is 0 Å². The van der Waals surface area contributed by atoms with Crippen molar-refractivity contribution in [2.75, 3.05) is 0 Å². The largest absolute Gasteiger partial charge is 2.00 e. The SMILES string of the molecule is Cc1cc(I)c2oc(C([O-])=C3C=CC=C3)cc2c1.[Fe+2].c1cc[cH-]c1. The van der Waals surface area contributed by atoms with Gasteiger partial charge in [-0.2, -0.15) is 18.2 Å². The quantitative estimate of drug-likeness (QED) is 0.219. The Morgan fingerprint density at radius 3 is 2.33 bits per heavy atom. The van der Waals surface area contributed by atoms with Crippen LogP contribution in [0.2, 0.25) is 0 Å². The summed E-state index contributed by atoms with van der Waals surface area (Å²) in [5.74, 6) is 0.337. The molecule has 0 spiro atoms. The molecule has 0 saturated heterocycles. The van der Waals surface area contributed by atoms with E-state index in [4.69, 9.17) is 4.42 Å². The summed E-state index contributed by atoms with van der Waals surface area (Å²) in [4.78, 5) is 0. The van der Waals surface area contributed by atoms with Crippen molar-refractivity contribution in [2.24, 2.45) is 0 Å². The molecule has 0 fully saturated rings. The fourth-order valence-corrected chi connectivity index (χ4v) is 3.26. The molecule has 1 aliphatic carbocycles. The molecule has 4 rings (SSSR count). The van der Waals surface area contributed by atoms with Crippen molar-refractivity contribution in [3.8, 4) is 0 Å². The molecule has 0 N–H and O–H groups in total. The molecule has 2 aromatic carbocycles. The van der Waals surface area contributed by atoms with Gasteiger partial charge in [-0.3, -0.25) is 0 Å². The van der Waals surface area contributed by atoms with Crippen LogP contribution >= 0.6 is 22.6 Å². The maximum atomic E-state index is 12.2. The topological polar surface area (TPSA) is 36.2 Å².